The van der Waals surface area contributed by atoms with E-state index in [0.717, 1.165) is 229 Å². The van der Waals surface area contributed by atoms with Gasteiger partial charge in [-0.05, 0) is 82.4 Å². The second-order valence-electron chi connectivity index (χ2n) is 35.2. The van der Waals surface area contributed by atoms with Crippen LogP contribution in [0.3, 0.4) is 0 Å². The number of carbonyl (C=O) groups is 2. The molecule has 11 aromatic rings. The smallest absolute Gasteiger partial charge is 0.394 e. The molecule has 10 heterocycles. The molecule has 37 nitrogen and oxygen atoms in total. The maximum Gasteiger partial charge on any atom is 0.394 e. The zero-order valence-electron chi connectivity index (χ0n) is 82.4. The Hall–Kier alpha value is -11.5. The predicted octanol–water partition coefficient (Wildman–Crippen LogP) is 8.77. The number of amides is 2. The third kappa shape index (κ3) is 40.6. The fourth-order valence-electron chi connectivity index (χ4n) is 18.0. The van der Waals surface area contributed by atoms with Crippen molar-refractivity contribution in [2.75, 3.05) is 234 Å². The van der Waals surface area contributed by atoms with Crippen molar-refractivity contribution in [3.63, 3.8) is 0 Å². The summed E-state index contributed by atoms with van der Waals surface area (Å²) in [6.07, 6.45) is 1.77. The standard InChI is InChI=1S/C22H25N3O.C15H18N4O3.C15H19N3O.C14H20N2O2.C13H18N2O2.C13H20N2O.C12H18N2O.HNO3.H2O4S.H2S/c1-26-17-20-16-24(15-18-7-3-2-4-8-18)13-14-25(20)22-12-11-19-9-5-6-10-21(19)23-22;1-22-10-13-9-16-6-7-18(13)15-5-2-11-8-12(19(20)21)3-4-14(11)17-15;1-19-11-13-10-16-8-9-18(13)15-7-6-12-4-2-3-5-14(12)17-15;1-18-11-14-10-15(7-8-16(14)12-17)9-13-5-3-2-4-6-13;16-10-13-9-14(6-7-15(13)11-17)8-12-4-2-1-3-5-12;1-16-11-13-10-15(8-7-14-13)9-12-5-3-2-4-6-12;15-10-12-9-14(7-6-13-12)8-11-4-2-1-3-5-11;2-1(3)4;1-5(2,3)4;/h2-12,20H,13-17H2,1H3;2-5,8,13,16H,6-7,9-10H2,1H3;2-7,13,16H,8-11H2,1H3;2-6,12,14H,7-11H2,1H3;1-5,11,13,16H,6-10H2;2-6,13-14H,7-11H2,1H3;1-5,12-13,15H,6-10H2;(H,2,3,4);(H2,1,2,3,4);1H2/t20-;2*13-;14-;2*13-;12-;;;/m0000000.../s1. The Bertz CT molecular complexity index is 5560. The molecular weight excluding hydrogens is 1870 g/mol. The lowest BCUT2D eigenvalue weighted by atomic mass is 10.1. The van der Waals surface area contributed by atoms with Crippen LogP contribution in [0.1, 0.15) is 27.8 Å². The Morgan fingerprint density at radius 2 is 0.692 bits per heavy atom. The Labute approximate surface area is 846 Å². The van der Waals surface area contributed by atoms with Crippen LogP contribution in [0.25, 0.3) is 32.7 Å². The van der Waals surface area contributed by atoms with Crippen molar-refractivity contribution in [3.05, 3.63) is 303 Å². The van der Waals surface area contributed by atoms with Crippen molar-refractivity contribution >= 4 is 92.6 Å². The summed E-state index contributed by atoms with van der Waals surface area (Å²) in [6.45, 7) is 28.2. The van der Waals surface area contributed by atoms with Gasteiger partial charge in [-0.1, -0.05) is 188 Å². The number of nitrogens with zero attached hydrogens (tertiary/aromatic N) is 15. The number of ether oxygens (including phenoxy) is 5. The molecule has 7 saturated heterocycles. The first-order valence-electron chi connectivity index (χ1n) is 47.9. The molecule has 0 unspecified atom stereocenters. The molecule has 7 aliphatic heterocycles. The minimum atomic E-state index is -4.67. The molecule has 8 aromatic carbocycles. The van der Waals surface area contributed by atoms with Crippen LogP contribution in [0.4, 0.5) is 23.1 Å². The molecule has 39 heteroatoms. The number of hydrogen-bond donors (Lipinski definition) is 9. The molecule has 9 N–H and O–H groups in total. The third-order valence-corrected chi connectivity index (χ3v) is 24.8. The SMILES string of the molecule is COC[C@@H]1CN(Cc2ccccc2)CCN1.COC[C@@H]1CN(Cc2ccccc2)CCN1C=O.COC[C@@H]1CN(Cc2ccccc2)CCN1c1ccc2ccccc2n1.COC[C@@H]1CNCCN1c1ccc2cc([N+](=O)[O-])ccc2n1.COC[C@@H]1CNCCN1c1ccc2ccccc2n1.O=CN1CCN(Cc2ccccc2)C[C@H]1CO.O=S(=O)(O)O.O=[N+]([O-])O.OC[C@@H]1CN(Cc2ccccc2)CCN1.S. The first-order chi connectivity index (χ1) is 69.1. The maximum atomic E-state index is 11.0. The summed E-state index contributed by atoms with van der Waals surface area (Å²) in [6, 6.07) is 87.8. The number of fused-ring (bicyclic) bond motifs is 3. The summed E-state index contributed by atoms with van der Waals surface area (Å²) in [5, 5.41) is 59.5. The molecule has 7 fully saturated rings. The highest BCUT2D eigenvalue weighted by atomic mass is 32.3. The van der Waals surface area contributed by atoms with Crippen LogP contribution in [0.2, 0.25) is 0 Å². The maximum absolute atomic E-state index is 11.0. The Morgan fingerprint density at radius 1 is 0.371 bits per heavy atom. The third-order valence-electron chi connectivity index (χ3n) is 24.8. The van der Waals surface area contributed by atoms with Gasteiger partial charge in [-0.3, -0.25) is 53.3 Å². The number of aromatic nitrogens is 3. The number of nitro groups is 1. The number of non-ortho nitro benzene ring substituents is 1. The van der Waals surface area contributed by atoms with E-state index < -0.39 is 20.4 Å². The number of pyridine rings is 3. The zero-order chi connectivity index (χ0) is 101. The summed E-state index contributed by atoms with van der Waals surface area (Å²) in [5.74, 6) is 2.97. The van der Waals surface area contributed by atoms with Crippen molar-refractivity contribution in [2.24, 2.45) is 0 Å². The number of aliphatic hydroxyl groups is 2. The molecule has 18 rings (SSSR count). The number of anilines is 3. The fourth-order valence-corrected chi connectivity index (χ4v) is 18.0. The number of nitro benzene ring substituents is 1. The lowest BCUT2D eigenvalue weighted by Gasteiger charge is -2.42. The number of methoxy groups -OCH3 is 5. The molecule has 774 valence electrons. The first kappa shape index (κ1) is 115. The molecule has 2 amide bonds. The highest BCUT2D eigenvalue weighted by Gasteiger charge is 2.32. The van der Waals surface area contributed by atoms with E-state index in [4.69, 9.17) is 71.6 Å². The molecule has 3 aromatic heterocycles. The van der Waals surface area contributed by atoms with E-state index in [1.165, 1.54) is 44.7 Å². The van der Waals surface area contributed by atoms with Crippen LogP contribution in [-0.2, 0) is 76.4 Å². The summed E-state index contributed by atoms with van der Waals surface area (Å²) in [4.78, 5) is 77.4. The Balaban J connectivity index is 0.000000184. The topological polar surface area (TPSA) is 421 Å². The summed E-state index contributed by atoms with van der Waals surface area (Å²) < 4.78 is 58.1. The van der Waals surface area contributed by atoms with E-state index in [2.05, 4.69) is 241 Å². The van der Waals surface area contributed by atoms with Gasteiger partial charge >= 0.3 is 10.4 Å². The van der Waals surface area contributed by atoms with Crippen molar-refractivity contribution in [1.29, 1.82) is 0 Å². The van der Waals surface area contributed by atoms with Gasteiger partial charge in [0.1, 0.15) is 17.5 Å². The molecule has 7 atom stereocenters. The Morgan fingerprint density at radius 3 is 1.08 bits per heavy atom. The van der Waals surface area contributed by atoms with Gasteiger partial charge in [0, 0.05) is 246 Å². The number of hydrogen-bond acceptors (Lipinski definition) is 30. The number of aliphatic hydroxyl groups excluding tert-OH is 2. The molecule has 0 bridgehead atoms. The van der Waals surface area contributed by atoms with E-state index in [-0.39, 0.29) is 56.6 Å². The van der Waals surface area contributed by atoms with Crippen molar-refractivity contribution < 1.29 is 76.2 Å². The molecule has 0 spiro atoms. The first-order valence-corrected chi connectivity index (χ1v) is 49.3. The van der Waals surface area contributed by atoms with Gasteiger partial charge < -0.3 is 84.9 Å². The lowest BCUT2D eigenvalue weighted by molar-refractivity contribution is -0.742. The highest BCUT2D eigenvalue weighted by Crippen LogP contribution is 2.28. The van der Waals surface area contributed by atoms with Gasteiger partial charge in [-0.15, -0.1) is 10.1 Å². The van der Waals surface area contributed by atoms with Gasteiger partial charge in [0.15, 0.2) is 0 Å². The van der Waals surface area contributed by atoms with Gasteiger partial charge in [-0.2, -0.15) is 21.9 Å². The highest BCUT2D eigenvalue weighted by molar-refractivity contribution is 7.79. The van der Waals surface area contributed by atoms with E-state index in [9.17, 15) is 24.8 Å². The predicted molar refractivity (Wildman–Crippen MR) is 563 cm³/mol. The normalized spacial score (nSPS) is 19.5. The monoisotopic (exact) mass is 2010 g/mol. The van der Waals surface area contributed by atoms with Crippen LogP contribution >= 0.6 is 13.5 Å². The van der Waals surface area contributed by atoms with Crippen LogP contribution < -0.4 is 36.0 Å². The summed E-state index contributed by atoms with van der Waals surface area (Å²) in [7, 11) is 4.00. The fraction of sp³-hybridized carbons (Fsp3) is 0.433. The van der Waals surface area contributed by atoms with Gasteiger partial charge in [-0.25, -0.2) is 15.0 Å². The Kier molecular flexibility index (Phi) is 51.2. The number of benzene rings is 8. The molecular formula is C104H143N19O18S2. The second-order valence-corrected chi connectivity index (χ2v) is 36.1. The largest absolute Gasteiger partial charge is 0.395 e. The van der Waals surface area contributed by atoms with E-state index in [0.29, 0.717) is 44.5 Å². The number of piperazine rings is 7. The number of carbonyl (C=O) groups excluding carboxylic acids is 2. The molecule has 7 aliphatic rings. The van der Waals surface area contributed by atoms with Crippen LogP contribution in [0.15, 0.2) is 255 Å². The number of nitrogens with one attached hydrogen (secondary N) is 4. The van der Waals surface area contributed by atoms with Gasteiger partial charge in [0.05, 0.1) is 97.9 Å². The average molecular weight is 2010 g/mol. The van der Waals surface area contributed by atoms with Crippen LogP contribution in [-0.4, -0.2) is 367 Å². The summed E-state index contributed by atoms with van der Waals surface area (Å²) in [5.41, 5.74) is 9.62. The molecule has 0 saturated carbocycles. The van der Waals surface area contributed by atoms with E-state index >= 15 is 0 Å². The van der Waals surface area contributed by atoms with Crippen molar-refractivity contribution in [1.82, 2.24) is 70.5 Å². The van der Waals surface area contributed by atoms with Crippen LogP contribution in [0.5, 0.6) is 0 Å². The zero-order valence-corrected chi connectivity index (χ0v) is 84.3. The molecule has 143 heavy (non-hydrogen) atoms. The number of rotatable bonds is 28. The average Bonchev–Trinajstić information content (AvgIpc) is 0.783. The van der Waals surface area contributed by atoms with Gasteiger partial charge in [0.2, 0.25) is 12.8 Å². The number of para-hydroxylation sites is 2. The van der Waals surface area contributed by atoms with E-state index in [1.807, 2.05) is 65.6 Å². The minimum Gasteiger partial charge on any atom is -0.395 e. The van der Waals surface area contributed by atoms with Gasteiger partial charge in [0.25, 0.3) is 10.8 Å². The second kappa shape index (κ2) is 63.6. The van der Waals surface area contributed by atoms with Crippen molar-refractivity contribution in [2.45, 2.75) is 75.0 Å². The quantitative estimate of drug-likeness (QED) is 0.00957. The minimum absolute atomic E-state index is 0. The van der Waals surface area contributed by atoms with Crippen LogP contribution in [0, 0.1) is 20.2 Å². The van der Waals surface area contributed by atoms with E-state index in [1.54, 1.807) is 52.6 Å². The lowest BCUT2D eigenvalue weighted by Crippen LogP contribution is -2.55. The molecule has 0 aliphatic carbocycles. The molecule has 0 radical (unpaired) electrons. The summed E-state index contributed by atoms with van der Waals surface area (Å²) >= 11 is 0. The van der Waals surface area contributed by atoms with Crippen molar-refractivity contribution in [3.8, 4) is 0 Å².